The van der Waals surface area contributed by atoms with Gasteiger partial charge >= 0.3 is 5.69 Å². The number of hydrogen-bond acceptors (Lipinski definition) is 5. The van der Waals surface area contributed by atoms with Gasteiger partial charge in [-0.1, -0.05) is 26.8 Å². The molecule has 0 aliphatic carbocycles. The molecule has 7 heteroatoms. The van der Waals surface area contributed by atoms with Crippen LogP contribution in [0.1, 0.15) is 50.0 Å². The van der Waals surface area contributed by atoms with Gasteiger partial charge in [0.15, 0.2) is 0 Å². The van der Waals surface area contributed by atoms with Crippen molar-refractivity contribution in [2.75, 3.05) is 0 Å². The van der Waals surface area contributed by atoms with E-state index < -0.39 is 16.4 Å². The van der Waals surface area contributed by atoms with Crippen LogP contribution in [0.2, 0.25) is 0 Å². The number of hydrogen-bond donors (Lipinski definition) is 1. The fourth-order valence-corrected chi connectivity index (χ4v) is 3.07. The van der Waals surface area contributed by atoms with Crippen LogP contribution in [0, 0.1) is 15.9 Å². The highest BCUT2D eigenvalue weighted by Crippen LogP contribution is 2.27. The number of nitrogens with one attached hydrogen (secondary N) is 1. The van der Waals surface area contributed by atoms with Crippen molar-refractivity contribution in [3.8, 4) is 0 Å². The number of nitro groups is 1. The quantitative estimate of drug-likeness (QED) is 0.651. The lowest BCUT2D eigenvalue weighted by Gasteiger charge is -2.15. The van der Waals surface area contributed by atoms with E-state index in [-0.39, 0.29) is 11.5 Å². The lowest BCUT2D eigenvalue weighted by atomic mass is 9.93. The Labute approximate surface area is 138 Å². The summed E-state index contributed by atoms with van der Waals surface area (Å²) in [5, 5.41) is 16.9. The molecule has 23 heavy (non-hydrogen) atoms. The summed E-state index contributed by atoms with van der Waals surface area (Å²) in [5.74, 6) is -0.814. The lowest BCUT2D eigenvalue weighted by Crippen LogP contribution is -2.19. The second-order valence-corrected chi connectivity index (χ2v) is 7.36. The Kier molecular flexibility index (Phi) is 5.11. The molecule has 0 aliphatic rings. The molecule has 0 fully saturated rings. The van der Waals surface area contributed by atoms with Gasteiger partial charge < -0.3 is 5.32 Å². The predicted molar refractivity (Wildman–Crippen MR) is 89.1 cm³/mol. The number of nitro benzene ring substituents is 1. The van der Waals surface area contributed by atoms with Gasteiger partial charge in [-0.15, -0.1) is 11.3 Å². The van der Waals surface area contributed by atoms with Crippen molar-refractivity contribution in [2.24, 2.45) is 0 Å². The van der Waals surface area contributed by atoms with Crippen LogP contribution in [-0.4, -0.2) is 9.91 Å². The Hall–Kier alpha value is -1.86. The lowest BCUT2D eigenvalue weighted by molar-refractivity contribution is -0.387. The summed E-state index contributed by atoms with van der Waals surface area (Å²) >= 11 is 1.59. The van der Waals surface area contributed by atoms with Gasteiger partial charge in [0.2, 0.25) is 5.82 Å². The Morgan fingerprint density at radius 2 is 2.13 bits per heavy atom. The second-order valence-electron chi connectivity index (χ2n) is 6.47. The molecule has 2 aromatic rings. The monoisotopic (exact) mass is 337 g/mol. The van der Waals surface area contributed by atoms with Crippen LogP contribution in [0.15, 0.2) is 23.6 Å². The minimum atomic E-state index is -0.814. The summed E-state index contributed by atoms with van der Waals surface area (Å²) in [6.45, 7) is 8.75. The third-order valence-corrected chi connectivity index (χ3v) is 4.51. The molecule has 0 radical (unpaired) electrons. The highest BCUT2D eigenvalue weighted by atomic mass is 32.1. The minimum absolute atomic E-state index is 0.00988. The van der Waals surface area contributed by atoms with Gasteiger partial charge in [-0.05, 0) is 18.6 Å². The maximum absolute atomic E-state index is 13.6. The zero-order chi connectivity index (χ0) is 17.2. The van der Waals surface area contributed by atoms with Crippen LogP contribution in [0.25, 0.3) is 0 Å². The number of halogens is 1. The van der Waals surface area contributed by atoms with Crippen molar-refractivity contribution in [1.82, 2.24) is 10.3 Å². The van der Waals surface area contributed by atoms with Crippen molar-refractivity contribution in [3.63, 3.8) is 0 Å². The van der Waals surface area contributed by atoms with Gasteiger partial charge in [0, 0.05) is 23.4 Å². The average Bonchev–Trinajstić information content (AvgIpc) is 2.94. The standard InChI is InChI=1S/C16H20FN3O2S/c1-10(15-19-14(9-23-15)16(2,3)4)18-8-11-5-6-13(20(21)22)12(17)7-11/h5-7,9-10,18H,8H2,1-4H3/t10-/m0/s1. The molecule has 0 saturated heterocycles. The first-order valence-corrected chi connectivity index (χ1v) is 8.18. The van der Waals surface area contributed by atoms with Crippen molar-refractivity contribution in [2.45, 2.75) is 45.7 Å². The zero-order valence-corrected chi connectivity index (χ0v) is 14.4. The SMILES string of the molecule is C[C@H](NCc1ccc([N+](=O)[O-])c(F)c1)c1nc(C(C)(C)C)cs1. The summed E-state index contributed by atoms with van der Waals surface area (Å²) < 4.78 is 13.6. The fraction of sp³-hybridized carbons (Fsp3) is 0.438. The van der Waals surface area contributed by atoms with Crippen LogP contribution in [0.4, 0.5) is 10.1 Å². The van der Waals surface area contributed by atoms with Gasteiger partial charge in [-0.3, -0.25) is 10.1 Å². The first-order valence-electron chi connectivity index (χ1n) is 7.30. The smallest absolute Gasteiger partial charge is 0.304 e. The molecule has 1 heterocycles. The highest BCUT2D eigenvalue weighted by molar-refractivity contribution is 7.09. The normalized spacial score (nSPS) is 13.1. The third-order valence-electron chi connectivity index (χ3n) is 3.48. The average molecular weight is 337 g/mol. The van der Waals surface area contributed by atoms with Crippen LogP contribution in [0.5, 0.6) is 0 Å². The molecule has 0 spiro atoms. The largest absolute Gasteiger partial charge is 0.304 e. The number of benzene rings is 1. The third kappa shape index (κ3) is 4.33. The molecule has 1 aromatic carbocycles. The van der Waals surface area contributed by atoms with E-state index in [0.717, 1.165) is 10.7 Å². The summed E-state index contributed by atoms with van der Waals surface area (Å²) in [7, 11) is 0. The molecule has 1 N–H and O–H groups in total. The number of nitrogens with zero attached hydrogens (tertiary/aromatic N) is 2. The van der Waals surface area contributed by atoms with Crippen molar-refractivity contribution in [1.29, 1.82) is 0 Å². The van der Waals surface area contributed by atoms with E-state index in [2.05, 4.69) is 36.5 Å². The van der Waals surface area contributed by atoms with Gasteiger partial charge in [0.1, 0.15) is 5.01 Å². The first kappa shape index (κ1) is 17.5. The molecule has 0 saturated carbocycles. The summed E-state index contributed by atoms with van der Waals surface area (Å²) in [6, 6.07) is 3.97. The van der Waals surface area contributed by atoms with E-state index in [4.69, 9.17) is 0 Å². The molecule has 2 rings (SSSR count). The second kappa shape index (κ2) is 6.72. The molecule has 124 valence electrons. The molecule has 5 nitrogen and oxygen atoms in total. The highest BCUT2D eigenvalue weighted by Gasteiger charge is 2.19. The van der Waals surface area contributed by atoms with E-state index in [1.54, 1.807) is 17.4 Å². The topological polar surface area (TPSA) is 68.1 Å². The van der Waals surface area contributed by atoms with Gasteiger partial charge in [-0.2, -0.15) is 4.39 Å². The maximum Gasteiger partial charge on any atom is 0.304 e. The summed E-state index contributed by atoms with van der Waals surface area (Å²) in [4.78, 5) is 14.5. The van der Waals surface area contributed by atoms with E-state index in [9.17, 15) is 14.5 Å². The summed E-state index contributed by atoms with van der Waals surface area (Å²) in [6.07, 6.45) is 0. The Balaban J connectivity index is 2.02. The Bertz CT molecular complexity index is 710. The summed E-state index contributed by atoms with van der Waals surface area (Å²) in [5.41, 5.74) is 1.22. The maximum atomic E-state index is 13.6. The van der Waals surface area contributed by atoms with Gasteiger partial charge in [-0.25, -0.2) is 4.98 Å². The first-order chi connectivity index (χ1) is 10.7. The van der Waals surface area contributed by atoms with E-state index in [1.807, 2.05) is 6.92 Å². The van der Waals surface area contributed by atoms with E-state index >= 15 is 0 Å². The molecule has 0 aliphatic heterocycles. The fourth-order valence-electron chi connectivity index (χ4n) is 2.00. The molecule has 0 bridgehead atoms. The van der Waals surface area contributed by atoms with Crippen molar-refractivity contribution >= 4 is 17.0 Å². The number of aromatic nitrogens is 1. The van der Waals surface area contributed by atoms with Crippen LogP contribution in [-0.2, 0) is 12.0 Å². The van der Waals surface area contributed by atoms with Gasteiger partial charge in [0.05, 0.1) is 16.7 Å². The number of rotatable bonds is 5. The Morgan fingerprint density at radius 1 is 1.43 bits per heavy atom. The minimum Gasteiger partial charge on any atom is -0.304 e. The molecule has 1 aromatic heterocycles. The van der Waals surface area contributed by atoms with Crippen molar-refractivity contribution in [3.05, 3.63) is 55.8 Å². The molecular formula is C16H20FN3O2S. The Morgan fingerprint density at radius 3 is 2.65 bits per heavy atom. The molecule has 0 unspecified atom stereocenters. The van der Waals surface area contributed by atoms with Crippen molar-refractivity contribution < 1.29 is 9.31 Å². The number of thiazole rings is 1. The zero-order valence-electron chi connectivity index (χ0n) is 13.6. The van der Waals surface area contributed by atoms with E-state index in [1.165, 1.54) is 12.1 Å². The van der Waals surface area contributed by atoms with Crippen LogP contribution in [0.3, 0.4) is 0 Å². The van der Waals surface area contributed by atoms with Gasteiger partial charge in [0.25, 0.3) is 0 Å². The molecular weight excluding hydrogens is 317 g/mol. The predicted octanol–water partition coefficient (Wildman–Crippen LogP) is 4.34. The van der Waals surface area contributed by atoms with Crippen LogP contribution >= 0.6 is 11.3 Å². The molecule has 1 atom stereocenters. The molecule has 0 amide bonds. The van der Waals surface area contributed by atoms with E-state index in [0.29, 0.717) is 12.1 Å². The van der Waals surface area contributed by atoms with Crippen LogP contribution < -0.4 is 5.32 Å².